The molecule has 0 radical (unpaired) electrons. The van der Waals surface area contributed by atoms with E-state index in [4.69, 9.17) is 0 Å². The van der Waals surface area contributed by atoms with E-state index in [9.17, 15) is 0 Å². The van der Waals surface area contributed by atoms with Crippen molar-refractivity contribution in [3.05, 3.63) is 108 Å². The monoisotopic (exact) mass is 357 g/mol. The van der Waals surface area contributed by atoms with Crippen LogP contribution in [0.2, 0.25) is 0 Å². The second kappa shape index (κ2) is 5.97. The molecule has 0 bridgehead atoms. The first kappa shape index (κ1) is 15.5. The van der Waals surface area contributed by atoms with Crippen molar-refractivity contribution < 1.29 is 0 Å². The summed E-state index contributed by atoms with van der Waals surface area (Å²) in [6.45, 7) is 0. The molecule has 1 heteroatoms. The highest BCUT2D eigenvalue weighted by atomic mass is 14.7. The van der Waals surface area contributed by atoms with Crippen molar-refractivity contribution in [2.75, 3.05) is 0 Å². The Labute approximate surface area is 164 Å². The largest absolute Gasteiger partial charge is 0.355 e. The van der Waals surface area contributed by atoms with E-state index in [0.717, 1.165) is 6.42 Å². The summed E-state index contributed by atoms with van der Waals surface area (Å²) in [7, 11) is 0. The van der Waals surface area contributed by atoms with Crippen LogP contribution in [0, 0.1) is 0 Å². The van der Waals surface area contributed by atoms with Crippen LogP contribution in [0.15, 0.2) is 91.0 Å². The Bertz CT molecular complexity index is 1350. The van der Waals surface area contributed by atoms with E-state index in [1.807, 2.05) is 0 Å². The lowest BCUT2D eigenvalue weighted by molar-refractivity contribution is 1.32. The van der Waals surface area contributed by atoms with Crippen molar-refractivity contribution in [3.63, 3.8) is 0 Å². The van der Waals surface area contributed by atoms with Gasteiger partial charge in [0.1, 0.15) is 0 Å². The third kappa shape index (κ3) is 2.40. The number of aromatic amines is 1. The average molecular weight is 357 g/mol. The number of hydrogen-bond donors (Lipinski definition) is 1. The fourth-order valence-corrected chi connectivity index (χ4v) is 4.40. The summed E-state index contributed by atoms with van der Waals surface area (Å²) in [6, 6.07) is 32.8. The predicted molar refractivity (Wildman–Crippen MR) is 119 cm³/mol. The van der Waals surface area contributed by atoms with Gasteiger partial charge in [-0.2, -0.15) is 0 Å². The number of benzene rings is 4. The predicted octanol–water partition coefficient (Wildman–Crippen LogP) is 7.08. The van der Waals surface area contributed by atoms with E-state index in [2.05, 4.69) is 102 Å². The van der Waals surface area contributed by atoms with Gasteiger partial charge in [-0.15, -0.1) is 0 Å². The van der Waals surface area contributed by atoms with Crippen molar-refractivity contribution in [1.29, 1.82) is 0 Å². The molecule has 1 aliphatic rings. The molecule has 6 rings (SSSR count). The van der Waals surface area contributed by atoms with Gasteiger partial charge in [0, 0.05) is 16.6 Å². The zero-order valence-electron chi connectivity index (χ0n) is 15.4. The Kier molecular flexibility index (Phi) is 3.30. The number of nitrogens with one attached hydrogen (secondary N) is 1. The third-order valence-corrected chi connectivity index (χ3v) is 5.83. The maximum Gasteiger partial charge on any atom is 0.0465 e. The number of allylic oxidation sites excluding steroid dienone is 1. The summed E-state index contributed by atoms with van der Waals surface area (Å²) >= 11 is 0. The Hall–Kier alpha value is -3.58. The van der Waals surface area contributed by atoms with E-state index < -0.39 is 0 Å². The standard InChI is InChI=1S/C27H19N/c1-2-7-20-15-23(14-19(20)6-1)24-10-5-9-18-12-13-22(16-25(18)24)27-17-21-8-3-4-11-26(21)28-27/h1-14,16-17,28H,15H2. The summed E-state index contributed by atoms with van der Waals surface area (Å²) in [5.74, 6) is 0. The van der Waals surface area contributed by atoms with Gasteiger partial charge in [0.05, 0.1) is 0 Å². The summed E-state index contributed by atoms with van der Waals surface area (Å²) in [6.07, 6.45) is 3.35. The van der Waals surface area contributed by atoms with Crippen molar-refractivity contribution in [2.45, 2.75) is 6.42 Å². The van der Waals surface area contributed by atoms with Crippen LogP contribution in [-0.2, 0) is 6.42 Å². The number of aromatic nitrogens is 1. The molecule has 132 valence electrons. The molecule has 0 aliphatic heterocycles. The van der Waals surface area contributed by atoms with E-state index in [-0.39, 0.29) is 0 Å². The summed E-state index contributed by atoms with van der Waals surface area (Å²) < 4.78 is 0. The SMILES string of the molecule is C1=C(c2cccc3ccc(-c4cc5ccccc5[nH]4)cc23)Cc2ccccc21. The maximum absolute atomic E-state index is 3.57. The molecule has 0 spiro atoms. The number of hydrogen-bond acceptors (Lipinski definition) is 0. The highest BCUT2D eigenvalue weighted by Gasteiger charge is 2.16. The normalized spacial score (nSPS) is 13.1. The quantitative estimate of drug-likeness (QED) is 0.347. The molecule has 0 saturated heterocycles. The second-order valence-electron chi connectivity index (χ2n) is 7.56. The van der Waals surface area contributed by atoms with Gasteiger partial charge < -0.3 is 4.98 Å². The molecule has 28 heavy (non-hydrogen) atoms. The maximum atomic E-state index is 3.57. The topological polar surface area (TPSA) is 15.8 Å². The molecule has 0 fully saturated rings. The van der Waals surface area contributed by atoms with Crippen molar-refractivity contribution in [1.82, 2.24) is 4.98 Å². The molecular weight excluding hydrogens is 338 g/mol. The van der Waals surface area contributed by atoms with Gasteiger partial charge in [-0.25, -0.2) is 0 Å². The molecule has 1 N–H and O–H groups in total. The minimum absolute atomic E-state index is 1.01. The van der Waals surface area contributed by atoms with E-state index in [0.29, 0.717) is 0 Å². The Morgan fingerprint density at radius 3 is 2.46 bits per heavy atom. The summed E-state index contributed by atoms with van der Waals surface area (Å²) in [4.78, 5) is 3.57. The molecule has 0 amide bonds. The highest BCUT2D eigenvalue weighted by molar-refractivity contribution is 6.02. The average Bonchev–Trinajstić information content (AvgIpc) is 3.37. The minimum atomic E-state index is 1.01. The summed E-state index contributed by atoms with van der Waals surface area (Å²) in [5, 5.41) is 3.85. The molecule has 0 unspecified atom stereocenters. The first-order chi connectivity index (χ1) is 13.8. The number of H-pyrrole nitrogens is 1. The van der Waals surface area contributed by atoms with E-state index in [1.165, 1.54) is 55.2 Å². The molecule has 0 saturated carbocycles. The van der Waals surface area contributed by atoms with Crippen molar-refractivity contribution >= 4 is 33.3 Å². The first-order valence-corrected chi connectivity index (χ1v) is 9.75. The van der Waals surface area contributed by atoms with Crippen LogP contribution in [0.4, 0.5) is 0 Å². The van der Waals surface area contributed by atoms with Crippen molar-refractivity contribution in [3.8, 4) is 11.3 Å². The van der Waals surface area contributed by atoms with Gasteiger partial charge in [0.25, 0.3) is 0 Å². The number of rotatable bonds is 2. The zero-order chi connectivity index (χ0) is 18.5. The third-order valence-electron chi connectivity index (χ3n) is 5.83. The molecule has 1 heterocycles. The van der Waals surface area contributed by atoms with Crippen LogP contribution in [-0.4, -0.2) is 4.98 Å². The van der Waals surface area contributed by atoms with Gasteiger partial charge in [0.2, 0.25) is 0 Å². The molecule has 5 aromatic rings. The summed E-state index contributed by atoms with van der Waals surface area (Å²) in [5.41, 5.74) is 9.09. The second-order valence-corrected chi connectivity index (χ2v) is 7.56. The van der Waals surface area contributed by atoms with Gasteiger partial charge in [-0.3, -0.25) is 0 Å². The Morgan fingerprint density at radius 2 is 1.54 bits per heavy atom. The smallest absolute Gasteiger partial charge is 0.0465 e. The molecule has 1 aliphatic carbocycles. The lowest BCUT2D eigenvalue weighted by Gasteiger charge is -2.10. The molecule has 1 nitrogen and oxygen atoms in total. The van der Waals surface area contributed by atoms with Crippen LogP contribution >= 0.6 is 0 Å². The number of para-hydroxylation sites is 1. The van der Waals surface area contributed by atoms with Crippen LogP contribution in [0.5, 0.6) is 0 Å². The lowest BCUT2D eigenvalue weighted by Crippen LogP contribution is -1.88. The number of fused-ring (bicyclic) bond motifs is 3. The van der Waals surface area contributed by atoms with Gasteiger partial charge in [-0.05, 0) is 63.2 Å². The molecular formula is C27H19N. The molecule has 1 aromatic heterocycles. The van der Waals surface area contributed by atoms with Crippen LogP contribution in [0.1, 0.15) is 16.7 Å². The van der Waals surface area contributed by atoms with Crippen LogP contribution in [0.25, 0.3) is 44.6 Å². The highest BCUT2D eigenvalue weighted by Crippen LogP contribution is 2.36. The fraction of sp³-hybridized carbons (Fsp3) is 0.0370. The van der Waals surface area contributed by atoms with E-state index >= 15 is 0 Å². The van der Waals surface area contributed by atoms with Gasteiger partial charge in [0.15, 0.2) is 0 Å². The van der Waals surface area contributed by atoms with Crippen LogP contribution in [0.3, 0.4) is 0 Å². The molecule has 4 aromatic carbocycles. The lowest BCUT2D eigenvalue weighted by atomic mass is 9.95. The van der Waals surface area contributed by atoms with Crippen LogP contribution < -0.4 is 0 Å². The van der Waals surface area contributed by atoms with Crippen molar-refractivity contribution in [2.24, 2.45) is 0 Å². The zero-order valence-corrected chi connectivity index (χ0v) is 15.4. The minimum Gasteiger partial charge on any atom is -0.355 e. The molecule has 0 atom stereocenters. The Balaban J connectivity index is 1.51. The Morgan fingerprint density at radius 1 is 0.679 bits per heavy atom. The van der Waals surface area contributed by atoms with Gasteiger partial charge in [-0.1, -0.05) is 78.9 Å². The van der Waals surface area contributed by atoms with Gasteiger partial charge >= 0.3 is 0 Å². The van der Waals surface area contributed by atoms with E-state index in [1.54, 1.807) is 0 Å². The fourth-order valence-electron chi connectivity index (χ4n) is 4.40. The first-order valence-electron chi connectivity index (χ1n) is 9.75.